The molecular weight excluding hydrogens is 456 g/mol. The third-order valence-corrected chi connectivity index (χ3v) is 6.87. The fourth-order valence-corrected chi connectivity index (χ4v) is 4.79. The van der Waals surface area contributed by atoms with Crippen molar-refractivity contribution in [1.29, 1.82) is 0 Å². The third-order valence-electron chi connectivity index (χ3n) is 6.87. The van der Waals surface area contributed by atoms with E-state index in [1.807, 2.05) is 43.1 Å². The molecule has 190 valence electrons. The van der Waals surface area contributed by atoms with Gasteiger partial charge in [0.15, 0.2) is 0 Å². The van der Waals surface area contributed by atoms with Crippen LogP contribution in [0, 0.1) is 6.92 Å². The summed E-state index contributed by atoms with van der Waals surface area (Å²) in [5.74, 6) is 1.25. The van der Waals surface area contributed by atoms with Gasteiger partial charge in [-0.1, -0.05) is 12.1 Å². The van der Waals surface area contributed by atoms with E-state index in [2.05, 4.69) is 38.3 Å². The monoisotopic (exact) mass is 490 g/mol. The number of anilines is 6. The van der Waals surface area contributed by atoms with Crippen molar-refractivity contribution in [2.24, 2.45) is 0 Å². The van der Waals surface area contributed by atoms with Crippen molar-refractivity contribution in [3.8, 4) is 0 Å². The van der Waals surface area contributed by atoms with Gasteiger partial charge in [0, 0.05) is 62.2 Å². The Balaban J connectivity index is 1.43. The zero-order chi connectivity index (χ0) is 25.1. The van der Waals surface area contributed by atoms with Crippen LogP contribution in [-0.2, 0) is 11.3 Å². The summed E-state index contributed by atoms with van der Waals surface area (Å²) < 4.78 is 5.55. The Morgan fingerprint density at radius 1 is 1.06 bits per heavy atom. The first-order chi connectivity index (χ1) is 17.5. The number of nitrogens with zero attached hydrogens (tertiary/aromatic N) is 5. The first kappa shape index (κ1) is 24.3. The van der Waals surface area contributed by atoms with Crippen molar-refractivity contribution in [3.05, 3.63) is 59.8 Å². The first-order valence-electron chi connectivity index (χ1n) is 12.4. The lowest BCUT2D eigenvalue weighted by Crippen LogP contribution is -2.36. The predicted octanol–water partition coefficient (Wildman–Crippen LogP) is 3.20. The fraction of sp³-hybridized carbons (Fsp3) is 0.407. The summed E-state index contributed by atoms with van der Waals surface area (Å²) in [5.41, 5.74) is 6.02. The summed E-state index contributed by atoms with van der Waals surface area (Å²) in [6.07, 6.45) is 2.23. The van der Waals surface area contributed by atoms with Crippen LogP contribution in [0.2, 0.25) is 0 Å². The minimum Gasteiger partial charge on any atom is -0.392 e. The van der Waals surface area contributed by atoms with Crippen LogP contribution in [0.1, 0.15) is 17.5 Å². The maximum absolute atomic E-state index is 10.1. The minimum absolute atomic E-state index is 0.00639. The molecule has 1 atom stereocenters. The lowest BCUT2D eigenvalue weighted by Gasteiger charge is -2.30. The molecule has 2 fully saturated rings. The zero-order valence-corrected chi connectivity index (χ0v) is 20.9. The van der Waals surface area contributed by atoms with Crippen LogP contribution in [0.5, 0.6) is 0 Å². The smallest absolute Gasteiger partial charge is 0.229 e. The lowest BCUT2D eigenvalue weighted by atomic mass is 10.1. The summed E-state index contributed by atoms with van der Waals surface area (Å²) >= 11 is 0. The number of morpholine rings is 1. The Morgan fingerprint density at radius 3 is 2.56 bits per heavy atom. The largest absolute Gasteiger partial charge is 0.392 e. The maximum atomic E-state index is 10.1. The molecule has 3 heterocycles. The highest BCUT2D eigenvalue weighted by molar-refractivity contribution is 5.72. The number of aryl methyl sites for hydroxylation is 1. The third kappa shape index (κ3) is 5.38. The molecule has 9 heteroatoms. The van der Waals surface area contributed by atoms with Gasteiger partial charge in [0.2, 0.25) is 5.95 Å². The van der Waals surface area contributed by atoms with Gasteiger partial charge in [-0.25, -0.2) is 4.98 Å². The average molecular weight is 491 g/mol. The van der Waals surface area contributed by atoms with Crippen LogP contribution in [-0.4, -0.2) is 72.7 Å². The van der Waals surface area contributed by atoms with E-state index >= 15 is 0 Å². The molecule has 3 N–H and O–H groups in total. The van der Waals surface area contributed by atoms with E-state index in [1.54, 1.807) is 6.20 Å². The molecule has 9 nitrogen and oxygen atoms in total. The van der Waals surface area contributed by atoms with Crippen LogP contribution in [0.4, 0.5) is 34.5 Å². The van der Waals surface area contributed by atoms with Gasteiger partial charge >= 0.3 is 0 Å². The van der Waals surface area contributed by atoms with Gasteiger partial charge in [-0.05, 0) is 54.8 Å². The van der Waals surface area contributed by atoms with Gasteiger partial charge in [-0.15, -0.1) is 0 Å². The number of hydrogen-bond acceptors (Lipinski definition) is 9. The Morgan fingerprint density at radius 2 is 1.83 bits per heavy atom. The molecule has 0 unspecified atom stereocenters. The molecule has 2 saturated heterocycles. The van der Waals surface area contributed by atoms with E-state index in [-0.39, 0.29) is 12.7 Å². The van der Waals surface area contributed by atoms with Crippen molar-refractivity contribution in [1.82, 2.24) is 9.97 Å². The highest BCUT2D eigenvalue weighted by Gasteiger charge is 2.22. The Kier molecular flexibility index (Phi) is 7.22. The molecule has 36 heavy (non-hydrogen) atoms. The van der Waals surface area contributed by atoms with Crippen molar-refractivity contribution in [2.75, 3.05) is 66.5 Å². The zero-order valence-electron chi connectivity index (χ0n) is 20.9. The van der Waals surface area contributed by atoms with Crippen molar-refractivity contribution >= 4 is 34.5 Å². The van der Waals surface area contributed by atoms with Gasteiger partial charge in [0.1, 0.15) is 5.82 Å². The molecule has 2 aliphatic rings. The molecule has 0 radical (unpaired) electrons. The van der Waals surface area contributed by atoms with E-state index in [1.165, 1.54) is 0 Å². The molecule has 0 saturated carbocycles. The highest BCUT2D eigenvalue weighted by Crippen LogP contribution is 2.32. The maximum Gasteiger partial charge on any atom is 0.229 e. The second-order valence-corrected chi connectivity index (χ2v) is 9.43. The van der Waals surface area contributed by atoms with E-state index in [4.69, 9.17) is 9.72 Å². The number of aliphatic hydroxyl groups excluding tert-OH is 2. The molecule has 3 aromatic rings. The topological polar surface area (TPSA) is 97.2 Å². The number of hydrogen-bond donors (Lipinski definition) is 3. The van der Waals surface area contributed by atoms with E-state index in [9.17, 15) is 10.2 Å². The summed E-state index contributed by atoms with van der Waals surface area (Å²) in [6, 6.07) is 14.2. The number of rotatable bonds is 7. The van der Waals surface area contributed by atoms with Gasteiger partial charge in [0.25, 0.3) is 0 Å². The first-order valence-corrected chi connectivity index (χ1v) is 12.4. The SMILES string of the molecule is Cc1ccc(CO)cc1N(C)c1ccnc(Nc2cc(N3CCOCC3)cc(N3CC[C@@H](O)C3)c2)n1. The van der Waals surface area contributed by atoms with E-state index in [0.29, 0.717) is 25.7 Å². The molecule has 2 aromatic carbocycles. The summed E-state index contributed by atoms with van der Waals surface area (Å²) in [6.45, 7) is 6.61. The normalized spacial score (nSPS) is 17.9. The lowest BCUT2D eigenvalue weighted by molar-refractivity contribution is 0.122. The number of aromatic nitrogens is 2. The number of nitrogens with one attached hydrogen (secondary N) is 1. The number of ether oxygens (including phenoxy) is 1. The molecule has 0 spiro atoms. The van der Waals surface area contributed by atoms with Crippen molar-refractivity contribution in [2.45, 2.75) is 26.1 Å². The van der Waals surface area contributed by atoms with Crippen molar-refractivity contribution in [3.63, 3.8) is 0 Å². The van der Waals surface area contributed by atoms with Gasteiger partial charge in [-0.2, -0.15) is 4.98 Å². The standard InChI is InChI=1S/C27H34N6O3/c1-19-3-4-20(18-34)13-25(19)31(2)26-5-7-28-27(30-26)29-21-14-22(32-9-11-36-12-10-32)16-23(15-21)33-8-6-24(35)17-33/h3-5,7,13-16,24,34-35H,6,8-12,17-18H2,1-2H3,(H,28,29,30)/t24-/m1/s1. The Bertz CT molecular complexity index is 1180. The van der Waals surface area contributed by atoms with Crippen LogP contribution >= 0.6 is 0 Å². The van der Waals surface area contributed by atoms with Gasteiger partial charge in [0.05, 0.1) is 25.9 Å². The van der Waals surface area contributed by atoms with Gasteiger partial charge in [-0.3, -0.25) is 0 Å². The quantitative estimate of drug-likeness (QED) is 0.461. The second-order valence-electron chi connectivity index (χ2n) is 9.43. The fourth-order valence-electron chi connectivity index (χ4n) is 4.79. The van der Waals surface area contributed by atoms with Crippen LogP contribution in [0.15, 0.2) is 48.7 Å². The number of benzene rings is 2. The minimum atomic E-state index is -0.295. The molecular formula is C27H34N6O3. The van der Waals surface area contributed by atoms with Crippen molar-refractivity contribution < 1.29 is 14.9 Å². The van der Waals surface area contributed by atoms with E-state index < -0.39 is 0 Å². The molecule has 0 aliphatic carbocycles. The van der Waals surface area contributed by atoms with E-state index in [0.717, 1.165) is 65.7 Å². The average Bonchev–Trinajstić information content (AvgIpc) is 3.35. The Hall–Kier alpha value is -3.40. The van der Waals surface area contributed by atoms with Crippen LogP contribution in [0.25, 0.3) is 0 Å². The summed E-state index contributed by atoms with van der Waals surface area (Å²) in [5, 5.41) is 23.1. The molecule has 0 bridgehead atoms. The summed E-state index contributed by atoms with van der Waals surface area (Å²) in [4.78, 5) is 15.8. The molecule has 1 aromatic heterocycles. The molecule has 2 aliphatic heterocycles. The number of β-amino-alcohol motifs (C(OH)–C–C–N with tert-alkyl or cyclic N) is 1. The molecule has 0 amide bonds. The number of aliphatic hydroxyl groups is 2. The Labute approximate surface area is 212 Å². The van der Waals surface area contributed by atoms with Gasteiger partial charge < -0.3 is 35.0 Å². The predicted molar refractivity (Wildman–Crippen MR) is 143 cm³/mol. The van der Waals surface area contributed by atoms with Crippen LogP contribution in [0.3, 0.4) is 0 Å². The second kappa shape index (κ2) is 10.7. The highest BCUT2D eigenvalue weighted by atomic mass is 16.5. The van der Waals surface area contributed by atoms with Crippen LogP contribution < -0.4 is 20.0 Å². The molecule has 5 rings (SSSR count). The summed E-state index contributed by atoms with van der Waals surface area (Å²) in [7, 11) is 1.96.